The fourth-order valence-corrected chi connectivity index (χ4v) is 9.52. The normalized spacial score (nSPS) is 35.9. The van der Waals surface area contributed by atoms with Crippen molar-refractivity contribution in [1.82, 2.24) is 14.1 Å². The van der Waals surface area contributed by atoms with E-state index in [1.807, 2.05) is 0 Å². The molecule has 7 rings (SSSR count). The summed E-state index contributed by atoms with van der Waals surface area (Å²) in [6.07, 6.45) is 8.59. The average Bonchev–Trinajstić information content (AvgIpc) is 3.20. The second kappa shape index (κ2) is 8.14. The lowest BCUT2D eigenvalue weighted by Crippen LogP contribution is -2.55. The molecule has 2 heterocycles. The van der Waals surface area contributed by atoms with Gasteiger partial charge in [-0.05, 0) is 117 Å². The van der Waals surface area contributed by atoms with Gasteiger partial charge in [0.05, 0.1) is 11.7 Å². The molecule has 2 aliphatic heterocycles. The second-order valence-electron chi connectivity index (χ2n) is 13.5. The predicted octanol–water partition coefficient (Wildman–Crippen LogP) is 4.66. The zero-order valence-corrected chi connectivity index (χ0v) is 23.0. The summed E-state index contributed by atoms with van der Waals surface area (Å²) in [5, 5.41) is 10.9. The number of aryl methyl sites for hydroxylation is 1. The van der Waals surface area contributed by atoms with E-state index in [9.17, 15) is 14.7 Å². The van der Waals surface area contributed by atoms with Crippen LogP contribution in [0.25, 0.3) is 17.1 Å². The van der Waals surface area contributed by atoms with Crippen LogP contribution in [0.4, 0.5) is 0 Å². The summed E-state index contributed by atoms with van der Waals surface area (Å²) in [5.41, 5.74) is 4.56. The third-order valence-corrected chi connectivity index (χ3v) is 11.8. The number of pyridine rings is 1. The van der Waals surface area contributed by atoms with E-state index >= 15 is 0 Å². The second-order valence-corrected chi connectivity index (χ2v) is 13.5. The van der Waals surface area contributed by atoms with Crippen LogP contribution < -0.4 is 11.2 Å². The van der Waals surface area contributed by atoms with E-state index in [0.29, 0.717) is 35.1 Å². The lowest BCUT2D eigenvalue weighted by Gasteiger charge is -2.60. The number of fused-ring (bicyclic) bond motifs is 7. The highest BCUT2D eigenvalue weighted by molar-refractivity contribution is 5.62. The molecule has 0 spiro atoms. The Kier molecular flexibility index (Phi) is 5.21. The lowest BCUT2D eigenvalue weighted by atomic mass is 9.45. The first-order chi connectivity index (χ1) is 18.1. The maximum Gasteiger partial charge on any atom is 0.352 e. The van der Waals surface area contributed by atoms with Gasteiger partial charge in [-0.25, -0.2) is 4.79 Å². The summed E-state index contributed by atoms with van der Waals surface area (Å²) in [5.74, 6) is 2.98. The molecule has 3 fully saturated rings. The highest BCUT2D eigenvalue weighted by atomic mass is 16.3. The SMILES string of the molecule is Cc1ccc(-n2c3nc(=O)n(C)c(=O)c-3cc3c2C[C@@H]2CC[C@@H]4[C@H](CC[C@]5(C)[C@@H](O)CC[C@@H]45)[C@@]2(C)C3)cc1. The Morgan fingerprint density at radius 2 is 1.71 bits per heavy atom. The molecule has 200 valence electrons. The van der Waals surface area contributed by atoms with Gasteiger partial charge in [-0.2, -0.15) is 4.98 Å². The Bertz CT molecular complexity index is 1520. The van der Waals surface area contributed by atoms with E-state index in [0.717, 1.165) is 42.4 Å². The zero-order chi connectivity index (χ0) is 26.6. The van der Waals surface area contributed by atoms with E-state index in [-0.39, 0.29) is 22.5 Å². The number of benzene rings is 1. The van der Waals surface area contributed by atoms with Crippen molar-refractivity contribution in [3.63, 3.8) is 0 Å². The molecule has 0 saturated heterocycles. The summed E-state index contributed by atoms with van der Waals surface area (Å²) < 4.78 is 3.25. The van der Waals surface area contributed by atoms with Gasteiger partial charge in [0, 0.05) is 18.4 Å². The standard InChI is InChI=1S/C32H39N3O3/c1-18-5-8-21(9-6-18)35-26-16-20-7-10-22-24-11-12-27(36)31(24,2)14-13-25(22)32(20,3)17-19(26)15-23-28(35)33-30(38)34(4)29(23)37/h5-6,8-9,15,20,22,24-25,27,36H,7,10-14,16-17H2,1-4H3/t20-,22-,24-,25-,27-,31-,32-/m0/s1. The van der Waals surface area contributed by atoms with Gasteiger partial charge < -0.3 is 5.11 Å². The third-order valence-electron chi connectivity index (χ3n) is 11.8. The van der Waals surface area contributed by atoms with Crippen molar-refractivity contribution in [2.45, 2.75) is 78.2 Å². The molecule has 1 aromatic carbocycles. The van der Waals surface area contributed by atoms with Crippen molar-refractivity contribution in [1.29, 1.82) is 0 Å². The summed E-state index contributed by atoms with van der Waals surface area (Å²) in [6, 6.07) is 10.4. The van der Waals surface area contributed by atoms with Gasteiger partial charge in [-0.1, -0.05) is 31.5 Å². The topological polar surface area (TPSA) is 77.1 Å². The van der Waals surface area contributed by atoms with Crippen LogP contribution in [0, 0.1) is 41.4 Å². The molecule has 6 aliphatic rings. The van der Waals surface area contributed by atoms with Gasteiger partial charge >= 0.3 is 5.69 Å². The first kappa shape index (κ1) is 24.3. The number of hydrogen-bond donors (Lipinski definition) is 1. The minimum Gasteiger partial charge on any atom is -0.393 e. The lowest BCUT2D eigenvalue weighted by molar-refractivity contribution is -0.111. The molecule has 0 radical (unpaired) electrons. The summed E-state index contributed by atoms with van der Waals surface area (Å²) in [7, 11) is 1.52. The molecular formula is C32H39N3O3. The molecule has 1 N–H and O–H groups in total. The van der Waals surface area contributed by atoms with Gasteiger partial charge in [-0.15, -0.1) is 0 Å². The minimum atomic E-state index is -0.506. The number of aromatic nitrogens is 3. The number of rotatable bonds is 1. The van der Waals surface area contributed by atoms with Crippen LogP contribution in [0.5, 0.6) is 0 Å². The first-order valence-electron chi connectivity index (χ1n) is 14.5. The van der Waals surface area contributed by atoms with Crippen molar-refractivity contribution in [2.24, 2.45) is 41.5 Å². The minimum absolute atomic E-state index is 0.0789. The van der Waals surface area contributed by atoms with Crippen LogP contribution in [0.2, 0.25) is 0 Å². The maximum atomic E-state index is 13.3. The largest absolute Gasteiger partial charge is 0.393 e. The number of hydrogen-bond acceptors (Lipinski definition) is 4. The average molecular weight is 514 g/mol. The van der Waals surface area contributed by atoms with E-state index in [4.69, 9.17) is 0 Å². The maximum absolute atomic E-state index is 13.3. The molecule has 0 bridgehead atoms. The fraction of sp³-hybridized carbons (Fsp3) is 0.594. The van der Waals surface area contributed by atoms with Crippen molar-refractivity contribution in [2.75, 3.05) is 0 Å². The Labute approximate surface area is 224 Å². The molecule has 6 heteroatoms. The molecule has 7 atom stereocenters. The molecular weight excluding hydrogens is 474 g/mol. The van der Waals surface area contributed by atoms with E-state index in [2.05, 4.69) is 60.7 Å². The third kappa shape index (κ3) is 3.19. The van der Waals surface area contributed by atoms with Gasteiger partial charge in [0.2, 0.25) is 0 Å². The molecule has 1 aromatic rings. The van der Waals surface area contributed by atoms with Crippen molar-refractivity contribution in [3.05, 3.63) is 68.0 Å². The van der Waals surface area contributed by atoms with Crippen LogP contribution in [-0.2, 0) is 19.9 Å². The molecule has 0 amide bonds. The quantitative estimate of drug-likeness (QED) is 0.513. The van der Waals surface area contributed by atoms with Crippen LogP contribution in [0.15, 0.2) is 39.9 Å². The van der Waals surface area contributed by atoms with E-state index < -0.39 is 5.69 Å². The van der Waals surface area contributed by atoms with Crippen LogP contribution in [0.3, 0.4) is 0 Å². The fourth-order valence-electron chi connectivity index (χ4n) is 9.52. The Morgan fingerprint density at radius 3 is 2.47 bits per heavy atom. The molecule has 6 nitrogen and oxygen atoms in total. The van der Waals surface area contributed by atoms with E-state index in [1.54, 1.807) is 0 Å². The van der Waals surface area contributed by atoms with Crippen LogP contribution in [-0.4, -0.2) is 25.3 Å². The first-order valence-corrected chi connectivity index (χ1v) is 14.5. The summed E-state index contributed by atoms with van der Waals surface area (Å²) >= 11 is 0. The molecule has 38 heavy (non-hydrogen) atoms. The smallest absolute Gasteiger partial charge is 0.352 e. The van der Waals surface area contributed by atoms with Crippen LogP contribution >= 0.6 is 0 Å². The highest BCUT2D eigenvalue weighted by Crippen LogP contribution is 2.65. The monoisotopic (exact) mass is 513 g/mol. The molecule has 0 aromatic heterocycles. The van der Waals surface area contributed by atoms with Gasteiger partial charge in [0.25, 0.3) is 5.56 Å². The number of nitrogens with zero attached hydrogens (tertiary/aromatic N) is 3. The Balaban J connectivity index is 1.39. The number of aliphatic hydroxyl groups excluding tert-OH is 1. The highest BCUT2D eigenvalue weighted by Gasteiger charge is 2.60. The molecule has 4 aliphatic carbocycles. The molecule has 3 saturated carbocycles. The summed E-state index contributed by atoms with van der Waals surface area (Å²) in [6.45, 7) is 6.93. The van der Waals surface area contributed by atoms with Crippen molar-refractivity contribution >= 4 is 0 Å². The van der Waals surface area contributed by atoms with Gasteiger partial charge in [0.15, 0.2) is 5.82 Å². The Hall–Kier alpha value is -2.73. The van der Waals surface area contributed by atoms with Gasteiger partial charge in [-0.3, -0.25) is 13.9 Å². The summed E-state index contributed by atoms with van der Waals surface area (Å²) in [4.78, 5) is 30.4. The van der Waals surface area contributed by atoms with Crippen molar-refractivity contribution in [3.8, 4) is 17.1 Å². The van der Waals surface area contributed by atoms with Crippen LogP contribution in [0.1, 0.15) is 69.2 Å². The van der Waals surface area contributed by atoms with E-state index in [1.165, 1.54) is 43.1 Å². The number of aliphatic hydroxyl groups is 1. The Morgan fingerprint density at radius 1 is 0.974 bits per heavy atom. The van der Waals surface area contributed by atoms with Gasteiger partial charge in [0.1, 0.15) is 0 Å². The van der Waals surface area contributed by atoms with Crippen molar-refractivity contribution < 1.29 is 5.11 Å². The predicted molar refractivity (Wildman–Crippen MR) is 148 cm³/mol. The molecule has 0 unspecified atom stereocenters. The zero-order valence-electron chi connectivity index (χ0n) is 23.0.